The Labute approximate surface area is 124 Å². The molecular formula is C14H23BrN2S. The molecule has 0 aromatic carbocycles. The van der Waals surface area contributed by atoms with E-state index in [0.717, 1.165) is 21.8 Å². The summed E-state index contributed by atoms with van der Waals surface area (Å²) in [7, 11) is 0. The summed E-state index contributed by atoms with van der Waals surface area (Å²) in [6, 6.07) is 0. The normalized spacial score (nSPS) is 10.8. The second-order valence-electron chi connectivity index (χ2n) is 4.56. The van der Waals surface area contributed by atoms with Gasteiger partial charge in [0, 0.05) is 23.5 Å². The maximum atomic E-state index is 4.29. The van der Waals surface area contributed by atoms with Crippen molar-refractivity contribution in [1.29, 1.82) is 0 Å². The van der Waals surface area contributed by atoms with E-state index in [9.17, 15) is 0 Å². The van der Waals surface area contributed by atoms with Crippen LogP contribution in [-0.4, -0.2) is 21.1 Å². The second-order valence-corrected chi connectivity index (χ2v) is 6.41. The molecule has 102 valence electrons. The fourth-order valence-electron chi connectivity index (χ4n) is 1.70. The molecule has 0 atom stereocenters. The van der Waals surface area contributed by atoms with Crippen LogP contribution in [0.3, 0.4) is 0 Å². The van der Waals surface area contributed by atoms with Crippen molar-refractivity contribution in [1.82, 2.24) is 9.97 Å². The predicted octanol–water partition coefficient (Wildman–Crippen LogP) is 5.00. The number of hydrogen-bond acceptors (Lipinski definition) is 3. The standard InChI is InChI=1S/C14H23BrN2S/c1-13-11-16-14(17-12-13)18-10-8-6-4-2-3-5-7-9-15/h11-12H,2-10H2,1H3. The highest BCUT2D eigenvalue weighted by Gasteiger charge is 1.97. The van der Waals surface area contributed by atoms with Crippen LogP contribution < -0.4 is 0 Å². The van der Waals surface area contributed by atoms with Gasteiger partial charge in [-0.3, -0.25) is 0 Å². The first-order valence-corrected chi connectivity index (χ1v) is 8.91. The Hall–Kier alpha value is -0.0900. The van der Waals surface area contributed by atoms with E-state index >= 15 is 0 Å². The van der Waals surface area contributed by atoms with E-state index in [1.807, 2.05) is 19.3 Å². The summed E-state index contributed by atoms with van der Waals surface area (Å²) in [5, 5.41) is 2.07. The molecule has 0 amide bonds. The Morgan fingerprint density at radius 3 is 2.11 bits per heavy atom. The fraction of sp³-hybridized carbons (Fsp3) is 0.714. The minimum atomic E-state index is 0.915. The van der Waals surface area contributed by atoms with Gasteiger partial charge < -0.3 is 0 Å². The maximum absolute atomic E-state index is 4.29. The van der Waals surface area contributed by atoms with Gasteiger partial charge in [0.2, 0.25) is 0 Å². The number of rotatable bonds is 10. The van der Waals surface area contributed by atoms with Gasteiger partial charge in [0.05, 0.1) is 0 Å². The Balaban J connectivity index is 1.91. The van der Waals surface area contributed by atoms with Crippen LogP contribution in [-0.2, 0) is 0 Å². The molecule has 0 aliphatic heterocycles. The van der Waals surface area contributed by atoms with E-state index < -0.39 is 0 Å². The van der Waals surface area contributed by atoms with Crippen molar-refractivity contribution >= 4 is 27.7 Å². The monoisotopic (exact) mass is 330 g/mol. The summed E-state index contributed by atoms with van der Waals surface area (Å²) in [5.74, 6) is 1.14. The number of alkyl halides is 1. The van der Waals surface area contributed by atoms with Gasteiger partial charge in [-0.2, -0.15) is 0 Å². The van der Waals surface area contributed by atoms with Gasteiger partial charge in [0.25, 0.3) is 0 Å². The summed E-state index contributed by atoms with van der Waals surface area (Å²) in [6.07, 6.45) is 13.2. The zero-order chi connectivity index (χ0) is 13.1. The largest absolute Gasteiger partial charge is 0.231 e. The summed E-state index contributed by atoms with van der Waals surface area (Å²) in [4.78, 5) is 8.59. The molecule has 1 heterocycles. The van der Waals surface area contributed by atoms with Gasteiger partial charge in [0.1, 0.15) is 0 Å². The average Bonchev–Trinajstić information content (AvgIpc) is 2.39. The first kappa shape index (κ1) is 16.0. The van der Waals surface area contributed by atoms with Gasteiger partial charge in [0.15, 0.2) is 5.16 Å². The molecule has 0 spiro atoms. The van der Waals surface area contributed by atoms with E-state index in [1.54, 1.807) is 11.8 Å². The van der Waals surface area contributed by atoms with Gasteiger partial charge in [-0.1, -0.05) is 59.8 Å². The summed E-state index contributed by atoms with van der Waals surface area (Å²) in [5.41, 5.74) is 1.13. The molecule has 1 rings (SSSR count). The third-order valence-electron chi connectivity index (χ3n) is 2.77. The summed E-state index contributed by atoms with van der Waals surface area (Å²) >= 11 is 5.24. The molecule has 4 heteroatoms. The van der Waals surface area contributed by atoms with E-state index in [1.165, 1.54) is 44.9 Å². The number of hydrogen-bond donors (Lipinski definition) is 0. The zero-order valence-corrected chi connectivity index (χ0v) is 13.6. The maximum Gasteiger partial charge on any atom is 0.187 e. The molecule has 0 fully saturated rings. The highest BCUT2D eigenvalue weighted by molar-refractivity contribution is 9.09. The zero-order valence-electron chi connectivity index (χ0n) is 11.2. The van der Waals surface area contributed by atoms with E-state index in [-0.39, 0.29) is 0 Å². The molecule has 0 radical (unpaired) electrons. The Morgan fingerprint density at radius 2 is 1.50 bits per heavy atom. The van der Waals surface area contributed by atoms with Crippen LogP contribution >= 0.6 is 27.7 Å². The van der Waals surface area contributed by atoms with Crippen LogP contribution in [0, 0.1) is 6.92 Å². The lowest BCUT2D eigenvalue weighted by atomic mass is 10.1. The second kappa shape index (κ2) is 10.8. The number of halogens is 1. The van der Waals surface area contributed by atoms with Gasteiger partial charge in [-0.25, -0.2) is 9.97 Å². The van der Waals surface area contributed by atoms with Gasteiger partial charge >= 0.3 is 0 Å². The van der Waals surface area contributed by atoms with Crippen molar-refractivity contribution in [2.75, 3.05) is 11.1 Å². The quantitative estimate of drug-likeness (QED) is 0.261. The first-order chi connectivity index (χ1) is 8.83. The van der Waals surface area contributed by atoms with Crippen LogP contribution in [0.25, 0.3) is 0 Å². The highest BCUT2D eigenvalue weighted by atomic mass is 79.9. The molecule has 2 nitrogen and oxygen atoms in total. The number of aryl methyl sites for hydroxylation is 1. The van der Waals surface area contributed by atoms with Crippen LogP contribution in [0.2, 0.25) is 0 Å². The molecule has 1 aromatic heterocycles. The van der Waals surface area contributed by atoms with Crippen LogP contribution in [0.5, 0.6) is 0 Å². The highest BCUT2D eigenvalue weighted by Crippen LogP contribution is 2.15. The van der Waals surface area contributed by atoms with Crippen molar-refractivity contribution in [3.05, 3.63) is 18.0 Å². The first-order valence-electron chi connectivity index (χ1n) is 6.80. The number of unbranched alkanes of at least 4 members (excludes halogenated alkanes) is 6. The Morgan fingerprint density at radius 1 is 0.944 bits per heavy atom. The number of nitrogens with zero attached hydrogens (tertiary/aromatic N) is 2. The van der Waals surface area contributed by atoms with E-state index in [4.69, 9.17) is 0 Å². The number of thioether (sulfide) groups is 1. The Bertz CT molecular complexity index is 303. The molecule has 0 aliphatic carbocycles. The molecule has 0 saturated carbocycles. The smallest absolute Gasteiger partial charge is 0.187 e. The predicted molar refractivity (Wildman–Crippen MR) is 83.6 cm³/mol. The number of aromatic nitrogens is 2. The van der Waals surface area contributed by atoms with Crippen molar-refractivity contribution in [3.8, 4) is 0 Å². The third-order valence-corrected chi connectivity index (χ3v) is 4.29. The topological polar surface area (TPSA) is 25.8 Å². The van der Waals surface area contributed by atoms with E-state index in [2.05, 4.69) is 25.9 Å². The molecule has 0 N–H and O–H groups in total. The molecule has 0 aliphatic rings. The summed E-state index contributed by atoms with van der Waals surface area (Å²) in [6.45, 7) is 2.02. The Kier molecular flexibility index (Phi) is 9.58. The molecular weight excluding hydrogens is 308 g/mol. The van der Waals surface area contributed by atoms with Gasteiger partial charge in [-0.05, 0) is 25.3 Å². The van der Waals surface area contributed by atoms with Crippen LogP contribution in [0.1, 0.15) is 50.5 Å². The average molecular weight is 331 g/mol. The SMILES string of the molecule is Cc1cnc(SCCCCCCCCCBr)nc1. The third kappa shape index (κ3) is 8.09. The minimum absolute atomic E-state index is 0.915. The van der Waals surface area contributed by atoms with Crippen molar-refractivity contribution in [2.45, 2.75) is 57.0 Å². The van der Waals surface area contributed by atoms with E-state index in [0.29, 0.717) is 0 Å². The lowest BCUT2D eigenvalue weighted by Crippen LogP contribution is -1.89. The lowest BCUT2D eigenvalue weighted by molar-refractivity contribution is 0.606. The molecule has 1 aromatic rings. The van der Waals surface area contributed by atoms with Crippen molar-refractivity contribution in [2.24, 2.45) is 0 Å². The van der Waals surface area contributed by atoms with Crippen LogP contribution in [0.4, 0.5) is 0 Å². The molecule has 0 bridgehead atoms. The summed E-state index contributed by atoms with van der Waals surface area (Å²) < 4.78 is 0. The molecule has 18 heavy (non-hydrogen) atoms. The van der Waals surface area contributed by atoms with Crippen molar-refractivity contribution < 1.29 is 0 Å². The minimum Gasteiger partial charge on any atom is -0.231 e. The van der Waals surface area contributed by atoms with Crippen LogP contribution in [0.15, 0.2) is 17.6 Å². The van der Waals surface area contributed by atoms with Crippen molar-refractivity contribution in [3.63, 3.8) is 0 Å². The van der Waals surface area contributed by atoms with Gasteiger partial charge in [-0.15, -0.1) is 0 Å². The molecule has 0 unspecified atom stereocenters. The molecule has 0 saturated heterocycles. The fourth-order valence-corrected chi connectivity index (χ4v) is 2.88. The lowest BCUT2D eigenvalue weighted by Gasteiger charge is -2.01.